The second-order valence-corrected chi connectivity index (χ2v) is 4.50. The van der Waals surface area contributed by atoms with Crippen LogP contribution >= 0.6 is 0 Å². The molecule has 0 spiro atoms. The zero-order chi connectivity index (χ0) is 16.6. The molecule has 1 aromatic rings. The van der Waals surface area contributed by atoms with Crippen molar-refractivity contribution in [1.82, 2.24) is 10.6 Å². The van der Waals surface area contributed by atoms with Gasteiger partial charge >= 0.3 is 12.2 Å². The summed E-state index contributed by atoms with van der Waals surface area (Å²) in [5, 5.41) is 13.4. The summed E-state index contributed by atoms with van der Waals surface area (Å²) in [6.07, 6.45) is -4.67. The zero-order valence-electron chi connectivity index (χ0n) is 12.1. The highest BCUT2D eigenvalue weighted by molar-refractivity contribution is 5.73. The van der Waals surface area contributed by atoms with E-state index in [1.54, 1.807) is 6.92 Å². The summed E-state index contributed by atoms with van der Waals surface area (Å²) < 4.78 is 44.0. The lowest BCUT2D eigenvalue weighted by Gasteiger charge is -2.21. The number of aliphatic hydroxyl groups excluding tert-OH is 1. The van der Waals surface area contributed by atoms with Crippen molar-refractivity contribution in [3.8, 4) is 5.75 Å². The highest BCUT2D eigenvalue weighted by atomic mass is 19.4. The lowest BCUT2D eigenvalue weighted by atomic mass is 10.2. The van der Waals surface area contributed by atoms with Crippen molar-refractivity contribution in [3.05, 3.63) is 29.8 Å². The number of amides is 2. The van der Waals surface area contributed by atoms with Gasteiger partial charge in [-0.2, -0.15) is 13.2 Å². The van der Waals surface area contributed by atoms with Crippen LogP contribution in [0.5, 0.6) is 5.75 Å². The summed E-state index contributed by atoms with van der Waals surface area (Å²) in [5.74, 6) is -0.264. The molecule has 0 fully saturated rings. The maximum absolute atomic E-state index is 12.9. The molecular weight excluding hydrogens is 301 g/mol. The van der Waals surface area contributed by atoms with E-state index in [1.165, 1.54) is 18.2 Å². The molecular formula is C14H19F3N2O3. The fourth-order valence-corrected chi connectivity index (χ4v) is 1.69. The Balaban J connectivity index is 2.65. The van der Waals surface area contributed by atoms with Crippen molar-refractivity contribution in [2.75, 3.05) is 19.7 Å². The molecule has 1 aromatic carbocycles. The van der Waals surface area contributed by atoms with Crippen LogP contribution in [0.1, 0.15) is 18.9 Å². The quantitative estimate of drug-likeness (QED) is 0.721. The molecule has 124 valence electrons. The number of hydrogen-bond donors (Lipinski definition) is 3. The van der Waals surface area contributed by atoms with E-state index < -0.39 is 23.9 Å². The number of ether oxygens (including phenoxy) is 1. The first-order chi connectivity index (χ1) is 10.4. The molecule has 0 aromatic heterocycles. The highest BCUT2D eigenvalue weighted by Crippen LogP contribution is 2.36. The van der Waals surface area contributed by atoms with Crippen LogP contribution in [0.3, 0.4) is 0 Å². The smallest absolute Gasteiger partial charge is 0.419 e. The van der Waals surface area contributed by atoms with Crippen LogP contribution in [0.25, 0.3) is 0 Å². The van der Waals surface area contributed by atoms with Crippen molar-refractivity contribution in [3.63, 3.8) is 0 Å². The average Bonchev–Trinajstić information content (AvgIpc) is 2.48. The molecule has 1 atom stereocenters. The van der Waals surface area contributed by atoms with Crippen LogP contribution in [0.2, 0.25) is 0 Å². The number of hydrogen-bond acceptors (Lipinski definition) is 3. The fourth-order valence-electron chi connectivity index (χ4n) is 1.69. The molecule has 3 N–H and O–H groups in total. The number of para-hydroxylation sites is 1. The standard InChI is InChI=1S/C14H19F3N2O3/c1-2-10(9-19-13(21)18-7-8-20)22-12-6-4-3-5-11(12)14(15,16)17/h3-6,10,20H,2,7-9H2,1H3,(H2,18,19,21). The third-order valence-corrected chi connectivity index (χ3v) is 2.83. The molecule has 0 aliphatic carbocycles. The lowest BCUT2D eigenvalue weighted by molar-refractivity contribution is -0.139. The second-order valence-electron chi connectivity index (χ2n) is 4.50. The molecule has 5 nitrogen and oxygen atoms in total. The fraction of sp³-hybridized carbons (Fsp3) is 0.500. The maximum atomic E-state index is 12.9. The van der Waals surface area contributed by atoms with Gasteiger partial charge in [0.25, 0.3) is 0 Å². The molecule has 1 unspecified atom stereocenters. The summed E-state index contributed by atoms with van der Waals surface area (Å²) in [4.78, 5) is 11.3. The Morgan fingerprint density at radius 2 is 2.00 bits per heavy atom. The number of urea groups is 1. The Morgan fingerprint density at radius 3 is 2.59 bits per heavy atom. The molecule has 0 heterocycles. The Labute approximate surface area is 126 Å². The number of carbonyl (C=O) groups is 1. The van der Waals surface area contributed by atoms with E-state index in [9.17, 15) is 18.0 Å². The molecule has 22 heavy (non-hydrogen) atoms. The van der Waals surface area contributed by atoms with Crippen LogP contribution in [-0.4, -0.2) is 36.9 Å². The molecule has 1 rings (SSSR count). The lowest BCUT2D eigenvalue weighted by Crippen LogP contribution is -2.42. The zero-order valence-corrected chi connectivity index (χ0v) is 12.1. The first-order valence-corrected chi connectivity index (χ1v) is 6.84. The van der Waals surface area contributed by atoms with E-state index in [2.05, 4.69) is 10.6 Å². The summed E-state index contributed by atoms with van der Waals surface area (Å²) in [6, 6.07) is 4.43. The van der Waals surface area contributed by atoms with Crippen molar-refractivity contribution in [2.45, 2.75) is 25.6 Å². The van der Waals surface area contributed by atoms with Gasteiger partial charge in [0.05, 0.1) is 18.7 Å². The Morgan fingerprint density at radius 1 is 1.32 bits per heavy atom. The first kappa shape index (κ1) is 18.1. The molecule has 2 amide bonds. The molecule has 0 aliphatic heterocycles. The minimum Gasteiger partial charge on any atom is -0.488 e. The van der Waals surface area contributed by atoms with Gasteiger partial charge in [-0.3, -0.25) is 0 Å². The van der Waals surface area contributed by atoms with Gasteiger partial charge in [0.15, 0.2) is 0 Å². The number of rotatable bonds is 7. The molecule has 0 saturated carbocycles. The molecule has 0 radical (unpaired) electrons. The molecule has 0 aliphatic rings. The predicted molar refractivity (Wildman–Crippen MR) is 74.6 cm³/mol. The van der Waals surface area contributed by atoms with Gasteiger partial charge in [0.1, 0.15) is 11.9 Å². The summed E-state index contributed by atoms with van der Waals surface area (Å²) >= 11 is 0. The SMILES string of the molecule is CCC(CNC(=O)NCCO)Oc1ccccc1C(F)(F)F. The Bertz CT molecular complexity index is 481. The third-order valence-electron chi connectivity index (χ3n) is 2.83. The Kier molecular flexibility index (Phi) is 6.97. The van der Waals surface area contributed by atoms with Crippen LogP contribution in [0, 0.1) is 0 Å². The van der Waals surface area contributed by atoms with E-state index >= 15 is 0 Å². The third kappa shape index (κ3) is 5.80. The number of benzene rings is 1. The monoisotopic (exact) mass is 320 g/mol. The molecule has 0 bridgehead atoms. The van der Waals surface area contributed by atoms with Gasteiger partial charge in [-0.1, -0.05) is 19.1 Å². The van der Waals surface area contributed by atoms with Crippen LogP contribution < -0.4 is 15.4 Å². The van der Waals surface area contributed by atoms with E-state index in [0.717, 1.165) is 6.07 Å². The topological polar surface area (TPSA) is 70.6 Å². The van der Waals surface area contributed by atoms with Crippen molar-refractivity contribution in [2.24, 2.45) is 0 Å². The molecule has 8 heteroatoms. The van der Waals surface area contributed by atoms with E-state index in [-0.39, 0.29) is 25.4 Å². The van der Waals surface area contributed by atoms with E-state index in [4.69, 9.17) is 9.84 Å². The largest absolute Gasteiger partial charge is 0.488 e. The van der Waals surface area contributed by atoms with Crippen LogP contribution in [-0.2, 0) is 6.18 Å². The summed E-state index contributed by atoms with van der Waals surface area (Å²) in [6.45, 7) is 1.70. The first-order valence-electron chi connectivity index (χ1n) is 6.84. The van der Waals surface area contributed by atoms with E-state index in [1.807, 2.05) is 0 Å². The van der Waals surface area contributed by atoms with Gasteiger partial charge < -0.3 is 20.5 Å². The minimum absolute atomic E-state index is 0.0555. The van der Waals surface area contributed by atoms with Crippen molar-refractivity contribution >= 4 is 6.03 Å². The number of alkyl halides is 3. The van der Waals surface area contributed by atoms with Gasteiger partial charge in [0, 0.05) is 6.54 Å². The predicted octanol–water partition coefficient (Wildman–Crippen LogP) is 2.15. The summed E-state index contributed by atoms with van der Waals surface area (Å²) in [7, 11) is 0. The van der Waals surface area contributed by atoms with Gasteiger partial charge in [-0.05, 0) is 18.6 Å². The number of aliphatic hydroxyl groups is 1. The van der Waals surface area contributed by atoms with E-state index in [0.29, 0.717) is 6.42 Å². The molecule has 0 saturated heterocycles. The van der Waals surface area contributed by atoms with Gasteiger partial charge in [-0.25, -0.2) is 4.79 Å². The number of nitrogens with one attached hydrogen (secondary N) is 2. The van der Waals surface area contributed by atoms with Gasteiger partial charge in [-0.15, -0.1) is 0 Å². The van der Waals surface area contributed by atoms with Crippen LogP contribution in [0.4, 0.5) is 18.0 Å². The number of halogens is 3. The van der Waals surface area contributed by atoms with Gasteiger partial charge in [0.2, 0.25) is 0 Å². The number of carbonyl (C=O) groups excluding carboxylic acids is 1. The van der Waals surface area contributed by atoms with Crippen LogP contribution in [0.15, 0.2) is 24.3 Å². The maximum Gasteiger partial charge on any atom is 0.419 e. The average molecular weight is 320 g/mol. The Hall–Kier alpha value is -1.96. The second kappa shape index (κ2) is 8.47. The normalized spacial score (nSPS) is 12.6. The van der Waals surface area contributed by atoms with Crippen molar-refractivity contribution < 1.29 is 27.8 Å². The van der Waals surface area contributed by atoms with Crippen molar-refractivity contribution in [1.29, 1.82) is 0 Å². The highest BCUT2D eigenvalue weighted by Gasteiger charge is 2.34. The minimum atomic E-state index is -4.50. The summed E-state index contributed by atoms with van der Waals surface area (Å²) in [5.41, 5.74) is -0.849.